The molecule has 0 aliphatic rings. The molecule has 0 saturated carbocycles. The molecule has 1 aromatic rings. The van der Waals surface area contributed by atoms with Crippen LogP contribution >= 0.6 is 0 Å². The summed E-state index contributed by atoms with van der Waals surface area (Å²) in [6.45, 7) is 10.1. The molecule has 0 radical (unpaired) electrons. The first kappa shape index (κ1) is 12.7. The lowest BCUT2D eigenvalue weighted by Crippen LogP contribution is -2.01. The third-order valence-corrected chi connectivity index (χ3v) is 2.73. The van der Waals surface area contributed by atoms with Crippen molar-refractivity contribution in [1.29, 1.82) is 0 Å². The average molecular weight is 216 g/mol. The van der Waals surface area contributed by atoms with Crippen LogP contribution in [0.2, 0.25) is 0 Å². The molecule has 86 valence electrons. The van der Waals surface area contributed by atoms with E-state index < -0.39 is 0 Å². The van der Waals surface area contributed by atoms with Crippen molar-refractivity contribution < 1.29 is 4.79 Å². The second kappa shape index (κ2) is 5.64. The summed E-state index contributed by atoms with van der Waals surface area (Å²) in [6, 6.07) is 5.94. The Morgan fingerprint density at radius 3 is 2.62 bits per heavy atom. The highest BCUT2D eigenvalue weighted by atomic mass is 16.1. The molecule has 0 saturated heterocycles. The Morgan fingerprint density at radius 1 is 1.44 bits per heavy atom. The van der Waals surface area contributed by atoms with Gasteiger partial charge in [-0.2, -0.15) is 0 Å². The summed E-state index contributed by atoms with van der Waals surface area (Å²) in [5.74, 6) is 0.684. The maximum atomic E-state index is 11.8. The fraction of sp³-hybridized carbons (Fsp3) is 0.400. The third kappa shape index (κ3) is 2.82. The molecule has 0 amide bonds. The van der Waals surface area contributed by atoms with E-state index in [2.05, 4.69) is 20.4 Å². The zero-order valence-electron chi connectivity index (χ0n) is 10.4. The molecule has 16 heavy (non-hydrogen) atoms. The van der Waals surface area contributed by atoms with Crippen LogP contribution in [0.25, 0.3) is 6.08 Å². The molecule has 0 aromatic heterocycles. The van der Waals surface area contributed by atoms with Gasteiger partial charge in [0.2, 0.25) is 0 Å². The van der Waals surface area contributed by atoms with E-state index in [9.17, 15) is 4.79 Å². The monoisotopic (exact) mass is 216 g/mol. The van der Waals surface area contributed by atoms with E-state index in [4.69, 9.17) is 0 Å². The fourth-order valence-corrected chi connectivity index (χ4v) is 1.82. The van der Waals surface area contributed by atoms with Crippen molar-refractivity contribution in [2.45, 2.75) is 39.5 Å². The van der Waals surface area contributed by atoms with Crippen LogP contribution in [0.3, 0.4) is 0 Å². The number of carbonyl (C=O) groups is 1. The Balaban J connectivity index is 3.08. The normalized spacial score (nSPS) is 10.5. The largest absolute Gasteiger partial charge is 0.294 e. The number of carbonyl (C=O) groups excluding carboxylic acids is 1. The first-order valence-corrected chi connectivity index (χ1v) is 5.89. The summed E-state index contributed by atoms with van der Waals surface area (Å²) in [5, 5.41) is 0. The molecule has 1 aromatic carbocycles. The smallest absolute Gasteiger partial charge is 0.162 e. The molecular formula is C15H20O. The van der Waals surface area contributed by atoms with E-state index in [1.807, 2.05) is 31.2 Å². The fourth-order valence-electron chi connectivity index (χ4n) is 1.82. The second-order valence-electron chi connectivity index (χ2n) is 4.38. The van der Waals surface area contributed by atoms with Crippen molar-refractivity contribution in [1.82, 2.24) is 0 Å². The van der Waals surface area contributed by atoms with Gasteiger partial charge in [0.15, 0.2) is 5.78 Å². The minimum absolute atomic E-state index is 0.223. The Morgan fingerprint density at radius 2 is 2.12 bits per heavy atom. The van der Waals surface area contributed by atoms with Crippen LogP contribution in [-0.2, 0) is 0 Å². The lowest BCUT2D eigenvalue weighted by Gasteiger charge is -2.11. The van der Waals surface area contributed by atoms with Crippen LogP contribution in [0, 0.1) is 0 Å². The summed E-state index contributed by atoms with van der Waals surface area (Å²) in [7, 11) is 0. The summed E-state index contributed by atoms with van der Waals surface area (Å²) < 4.78 is 0. The molecule has 0 aliphatic carbocycles. The molecule has 0 bridgehead atoms. The molecule has 0 N–H and O–H groups in total. The molecule has 0 aliphatic heterocycles. The minimum Gasteiger partial charge on any atom is -0.294 e. The Hall–Kier alpha value is -1.37. The van der Waals surface area contributed by atoms with Crippen LogP contribution in [0.5, 0.6) is 0 Å². The lowest BCUT2D eigenvalue weighted by molar-refractivity contribution is 0.0981. The van der Waals surface area contributed by atoms with E-state index in [1.165, 1.54) is 5.56 Å². The van der Waals surface area contributed by atoms with Crippen molar-refractivity contribution in [3.8, 4) is 0 Å². The highest BCUT2D eigenvalue weighted by Crippen LogP contribution is 2.22. The Labute approximate surface area is 98.2 Å². The highest BCUT2D eigenvalue weighted by Gasteiger charge is 2.09. The first-order valence-electron chi connectivity index (χ1n) is 5.89. The first-order chi connectivity index (χ1) is 7.60. The molecule has 1 heteroatoms. The molecule has 0 fully saturated rings. The van der Waals surface area contributed by atoms with E-state index in [0.29, 0.717) is 12.3 Å². The van der Waals surface area contributed by atoms with Crippen molar-refractivity contribution in [3.05, 3.63) is 41.5 Å². The van der Waals surface area contributed by atoms with Gasteiger partial charge in [0.05, 0.1) is 0 Å². The Kier molecular flexibility index (Phi) is 4.48. The van der Waals surface area contributed by atoms with Gasteiger partial charge in [0, 0.05) is 12.0 Å². The van der Waals surface area contributed by atoms with Gasteiger partial charge >= 0.3 is 0 Å². The van der Waals surface area contributed by atoms with Crippen LogP contribution < -0.4 is 0 Å². The molecular weight excluding hydrogens is 196 g/mol. The number of hydrogen-bond acceptors (Lipinski definition) is 1. The standard InChI is InChI=1S/C15H20O/c1-5-7-15(16)13-8-9-14(11(3)4)12(6-2)10-13/h6,8-11H,2,5,7H2,1,3-4H3. The lowest BCUT2D eigenvalue weighted by atomic mass is 9.93. The van der Waals surface area contributed by atoms with E-state index in [1.54, 1.807) is 0 Å². The van der Waals surface area contributed by atoms with Crippen LogP contribution in [0.1, 0.15) is 61.0 Å². The van der Waals surface area contributed by atoms with Crippen LogP contribution in [0.15, 0.2) is 24.8 Å². The van der Waals surface area contributed by atoms with Crippen molar-refractivity contribution >= 4 is 11.9 Å². The second-order valence-corrected chi connectivity index (χ2v) is 4.38. The third-order valence-electron chi connectivity index (χ3n) is 2.73. The summed E-state index contributed by atoms with van der Waals surface area (Å²) in [5.41, 5.74) is 3.14. The summed E-state index contributed by atoms with van der Waals surface area (Å²) in [6.07, 6.45) is 3.35. The zero-order chi connectivity index (χ0) is 12.1. The summed E-state index contributed by atoms with van der Waals surface area (Å²) in [4.78, 5) is 11.8. The number of benzene rings is 1. The SMILES string of the molecule is C=Cc1cc(C(=O)CCC)ccc1C(C)C. The molecule has 0 atom stereocenters. The number of rotatable bonds is 5. The Bertz CT molecular complexity index is 388. The predicted molar refractivity (Wildman–Crippen MR) is 69.9 cm³/mol. The zero-order valence-corrected chi connectivity index (χ0v) is 10.4. The van der Waals surface area contributed by atoms with Crippen molar-refractivity contribution in [3.63, 3.8) is 0 Å². The quantitative estimate of drug-likeness (QED) is 0.665. The van der Waals surface area contributed by atoms with Crippen LogP contribution in [-0.4, -0.2) is 5.78 Å². The van der Waals surface area contributed by atoms with Gasteiger partial charge in [0.25, 0.3) is 0 Å². The minimum atomic E-state index is 0.223. The van der Waals surface area contributed by atoms with Crippen LogP contribution in [0.4, 0.5) is 0 Å². The molecule has 0 unspecified atom stereocenters. The van der Waals surface area contributed by atoms with Gasteiger partial charge in [-0.05, 0) is 29.5 Å². The highest BCUT2D eigenvalue weighted by molar-refractivity contribution is 5.96. The topological polar surface area (TPSA) is 17.1 Å². The maximum Gasteiger partial charge on any atom is 0.162 e. The van der Waals surface area contributed by atoms with Gasteiger partial charge in [0.1, 0.15) is 0 Å². The predicted octanol–water partition coefficient (Wildman–Crippen LogP) is 4.44. The van der Waals surface area contributed by atoms with Gasteiger partial charge in [-0.15, -0.1) is 0 Å². The number of hydrogen-bond donors (Lipinski definition) is 0. The van der Waals surface area contributed by atoms with E-state index >= 15 is 0 Å². The van der Waals surface area contributed by atoms with E-state index in [-0.39, 0.29) is 5.78 Å². The molecule has 1 nitrogen and oxygen atoms in total. The average Bonchev–Trinajstić information content (AvgIpc) is 2.28. The number of Topliss-reactive ketones (excluding diaryl/α,β-unsaturated/α-hetero) is 1. The van der Waals surface area contributed by atoms with Gasteiger partial charge in [-0.3, -0.25) is 4.79 Å². The maximum absolute atomic E-state index is 11.8. The molecule has 0 spiro atoms. The van der Waals surface area contributed by atoms with Crippen molar-refractivity contribution in [2.75, 3.05) is 0 Å². The molecule has 0 heterocycles. The van der Waals surface area contributed by atoms with E-state index in [0.717, 1.165) is 17.5 Å². The van der Waals surface area contributed by atoms with Gasteiger partial charge in [-0.1, -0.05) is 45.6 Å². The number of ketones is 1. The summed E-state index contributed by atoms with van der Waals surface area (Å²) >= 11 is 0. The van der Waals surface area contributed by atoms with Crippen molar-refractivity contribution in [2.24, 2.45) is 0 Å². The van der Waals surface area contributed by atoms with Gasteiger partial charge in [-0.25, -0.2) is 0 Å². The van der Waals surface area contributed by atoms with Gasteiger partial charge < -0.3 is 0 Å². The molecule has 1 rings (SSSR count).